The molecule has 1 heterocycles. The topological polar surface area (TPSA) is 12.5 Å². The van der Waals surface area contributed by atoms with Crippen molar-refractivity contribution in [2.45, 2.75) is 6.92 Å². The van der Waals surface area contributed by atoms with Gasteiger partial charge < -0.3 is 4.74 Å². The lowest BCUT2D eigenvalue weighted by Gasteiger charge is -2.27. The fourth-order valence-corrected chi connectivity index (χ4v) is 1.47. The van der Waals surface area contributed by atoms with Crippen molar-refractivity contribution in [2.24, 2.45) is 0 Å². The quantitative estimate of drug-likeness (QED) is 0.633. The zero-order valence-electron chi connectivity index (χ0n) is 8.96. The Balaban J connectivity index is 2.50. The zero-order valence-corrected chi connectivity index (χ0v) is 8.96. The first-order valence-electron chi connectivity index (χ1n) is 5.01. The molecule has 2 nitrogen and oxygen atoms in total. The van der Waals surface area contributed by atoms with Crippen molar-refractivity contribution in [3.05, 3.63) is 36.5 Å². The molecule has 0 spiro atoms. The van der Waals surface area contributed by atoms with E-state index in [-0.39, 0.29) is 0 Å². The molecule has 0 N–H and O–H groups in total. The average molecular weight is 193 g/mol. The molecule has 1 aliphatic rings. The van der Waals surface area contributed by atoms with Crippen LogP contribution in [0, 0.1) is 0 Å². The summed E-state index contributed by atoms with van der Waals surface area (Å²) < 4.78 is 5.30. The van der Waals surface area contributed by atoms with Gasteiger partial charge in [0.15, 0.2) is 0 Å². The lowest BCUT2D eigenvalue weighted by molar-refractivity contribution is 0.0425. The first-order chi connectivity index (χ1) is 6.74. The highest BCUT2D eigenvalue weighted by molar-refractivity contribution is 5.30. The predicted octanol–water partition coefficient (Wildman–Crippen LogP) is 2.01. The Morgan fingerprint density at radius 2 is 2.07 bits per heavy atom. The maximum Gasteiger partial charge on any atom is 0.0594 e. The van der Waals surface area contributed by atoms with Gasteiger partial charge in [0.05, 0.1) is 13.2 Å². The van der Waals surface area contributed by atoms with Gasteiger partial charge in [0.2, 0.25) is 0 Å². The second-order valence-electron chi connectivity index (χ2n) is 3.60. The van der Waals surface area contributed by atoms with Crippen LogP contribution in [0.1, 0.15) is 6.92 Å². The van der Waals surface area contributed by atoms with E-state index in [9.17, 15) is 0 Å². The standard InChI is InChI=1S/C12H19NO/c1-4-5-12(11(2)3)10-13-6-8-14-9-7-13/h4-5H,1-2,6-10H2,3H3/b12-5-. The van der Waals surface area contributed by atoms with E-state index in [1.54, 1.807) is 0 Å². The molecule has 0 aromatic heterocycles. The van der Waals surface area contributed by atoms with E-state index in [2.05, 4.69) is 18.1 Å². The van der Waals surface area contributed by atoms with Crippen LogP contribution in [0.15, 0.2) is 36.5 Å². The summed E-state index contributed by atoms with van der Waals surface area (Å²) in [6.07, 6.45) is 3.86. The van der Waals surface area contributed by atoms with Gasteiger partial charge in [-0.05, 0) is 12.5 Å². The van der Waals surface area contributed by atoms with Gasteiger partial charge in [-0.15, -0.1) is 0 Å². The maximum atomic E-state index is 5.30. The van der Waals surface area contributed by atoms with Crippen molar-refractivity contribution in [3.63, 3.8) is 0 Å². The third-order valence-corrected chi connectivity index (χ3v) is 2.36. The van der Waals surface area contributed by atoms with Crippen LogP contribution < -0.4 is 0 Å². The minimum Gasteiger partial charge on any atom is -0.379 e. The normalized spacial score (nSPS) is 19.4. The molecule has 0 aliphatic carbocycles. The number of hydrogen-bond acceptors (Lipinski definition) is 2. The highest BCUT2D eigenvalue weighted by Crippen LogP contribution is 2.10. The average Bonchev–Trinajstić information content (AvgIpc) is 2.18. The molecule has 0 amide bonds. The Kier molecular flexibility index (Phi) is 4.63. The summed E-state index contributed by atoms with van der Waals surface area (Å²) in [5.74, 6) is 0. The Labute approximate surface area is 86.6 Å². The van der Waals surface area contributed by atoms with Gasteiger partial charge in [-0.25, -0.2) is 0 Å². The summed E-state index contributed by atoms with van der Waals surface area (Å²) >= 11 is 0. The molecule has 0 saturated carbocycles. The smallest absolute Gasteiger partial charge is 0.0594 e. The van der Waals surface area contributed by atoms with Crippen molar-refractivity contribution in [3.8, 4) is 0 Å². The summed E-state index contributed by atoms with van der Waals surface area (Å²) in [5.41, 5.74) is 2.39. The number of ether oxygens (including phenoxy) is 1. The van der Waals surface area contributed by atoms with Crippen LogP contribution in [0.5, 0.6) is 0 Å². The van der Waals surface area contributed by atoms with E-state index in [1.807, 2.05) is 19.1 Å². The van der Waals surface area contributed by atoms with E-state index in [0.29, 0.717) is 0 Å². The van der Waals surface area contributed by atoms with Gasteiger partial charge in [0, 0.05) is 19.6 Å². The first kappa shape index (κ1) is 11.2. The lowest BCUT2D eigenvalue weighted by atomic mass is 10.1. The van der Waals surface area contributed by atoms with E-state index in [0.717, 1.165) is 38.4 Å². The number of hydrogen-bond donors (Lipinski definition) is 0. The number of rotatable bonds is 4. The minimum atomic E-state index is 0.845. The van der Waals surface area contributed by atoms with Gasteiger partial charge in [-0.1, -0.05) is 30.9 Å². The van der Waals surface area contributed by atoms with Gasteiger partial charge >= 0.3 is 0 Å². The van der Waals surface area contributed by atoms with Gasteiger partial charge in [0.1, 0.15) is 0 Å². The fourth-order valence-electron chi connectivity index (χ4n) is 1.47. The monoisotopic (exact) mass is 193 g/mol. The molecule has 0 bridgehead atoms. The highest BCUT2D eigenvalue weighted by Gasteiger charge is 2.11. The summed E-state index contributed by atoms with van der Waals surface area (Å²) in [6, 6.07) is 0. The van der Waals surface area contributed by atoms with Gasteiger partial charge in [-0.2, -0.15) is 0 Å². The van der Waals surface area contributed by atoms with E-state index >= 15 is 0 Å². The lowest BCUT2D eigenvalue weighted by Crippen LogP contribution is -2.37. The van der Waals surface area contributed by atoms with Crippen LogP contribution in [-0.2, 0) is 4.74 Å². The summed E-state index contributed by atoms with van der Waals surface area (Å²) in [7, 11) is 0. The Morgan fingerprint density at radius 3 is 2.57 bits per heavy atom. The van der Waals surface area contributed by atoms with Crippen LogP contribution in [0.4, 0.5) is 0 Å². The molecular weight excluding hydrogens is 174 g/mol. The molecule has 0 aromatic rings. The van der Waals surface area contributed by atoms with Crippen LogP contribution in [0.2, 0.25) is 0 Å². The van der Waals surface area contributed by atoms with E-state index in [1.165, 1.54) is 5.57 Å². The van der Waals surface area contributed by atoms with Crippen LogP contribution >= 0.6 is 0 Å². The fraction of sp³-hybridized carbons (Fsp3) is 0.500. The second kappa shape index (κ2) is 5.78. The molecule has 1 rings (SSSR count). The molecule has 0 unspecified atom stereocenters. The van der Waals surface area contributed by atoms with Crippen LogP contribution in [-0.4, -0.2) is 37.7 Å². The number of allylic oxidation sites excluding steroid dienone is 2. The van der Waals surface area contributed by atoms with Crippen molar-refractivity contribution >= 4 is 0 Å². The SMILES string of the molecule is C=C/C=C(/CN1CCOCC1)C(=C)C. The van der Waals surface area contributed by atoms with E-state index < -0.39 is 0 Å². The number of nitrogens with zero attached hydrogens (tertiary/aromatic N) is 1. The number of morpholine rings is 1. The first-order valence-corrected chi connectivity index (χ1v) is 5.01. The molecule has 1 fully saturated rings. The Bertz CT molecular complexity index is 237. The molecule has 0 radical (unpaired) electrons. The van der Waals surface area contributed by atoms with Crippen molar-refractivity contribution in [1.82, 2.24) is 4.90 Å². The molecule has 78 valence electrons. The Morgan fingerprint density at radius 1 is 1.43 bits per heavy atom. The highest BCUT2D eigenvalue weighted by atomic mass is 16.5. The molecule has 2 heteroatoms. The van der Waals surface area contributed by atoms with E-state index in [4.69, 9.17) is 4.74 Å². The zero-order chi connectivity index (χ0) is 10.4. The summed E-state index contributed by atoms with van der Waals surface area (Å²) in [6.45, 7) is 14.4. The largest absolute Gasteiger partial charge is 0.379 e. The third kappa shape index (κ3) is 3.48. The second-order valence-corrected chi connectivity index (χ2v) is 3.60. The maximum absolute atomic E-state index is 5.30. The summed E-state index contributed by atoms with van der Waals surface area (Å²) in [4.78, 5) is 2.38. The third-order valence-electron chi connectivity index (χ3n) is 2.36. The molecular formula is C12H19NO. The van der Waals surface area contributed by atoms with Crippen molar-refractivity contribution < 1.29 is 4.74 Å². The van der Waals surface area contributed by atoms with Gasteiger partial charge in [0.25, 0.3) is 0 Å². The molecule has 14 heavy (non-hydrogen) atoms. The Hall–Kier alpha value is -0.860. The molecule has 1 aliphatic heterocycles. The van der Waals surface area contributed by atoms with Crippen LogP contribution in [0.3, 0.4) is 0 Å². The van der Waals surface area contributed by atoms with Crippen molar-refractivity contribution in [1.29, 1.82) is 0 Å². The van der Waals surface area contributed by atoms with Gasteiger partial charge in [-0.3, -0.25) is 4.90 Å². The molecule has 0 aromatic carbocycles. The van der Waals surface area contributed by atoms with Crippen molar-refractivity contribution in [2.75, 3.05) is 32.8 Å². The molecule has 0 atom stereocenters. The predicted molar refractivity (Wildman–Crippen MR) is 60.4 cm³/mol. The minimum absolute atomic E-state index is 0.845. The summed E-state index contributed by atoms with van der Waals surface area (Å²) in [5, 5.41) is 0. The van der Waals surface area contributed by atoms with Crippen LogP contribution in [0.25, 0.3) is 0 Å². The molecule has 1 saturated heterocycles.